The van der Waals surface area contributed by atoms with Crippen LogP contribution in [0.5, 0.6) is 0 Å². The number of rotatable bonds is 4. The minimum Gasteiger partial charge on any atom is -0.264 e. The van der Waals surface area contributed by atoms with Crippen LogP contribution in [-0.4, -0.2) is 34.2 Å². The van der Waals surface area contributed by atoms with Gasteiger partial charge in [-0.25, -0.2) is 13.1 Å². The van der Waals surface area contributed by atoms with Crippen molar-refractivity contribution < 1.29 is 8.42 Å². The lowest BCUT2D eigenvalue weighted by Gasteiger charge is -2.10. The molecule has 1 atom stereocenters. The highest BCUT2D eigenvalue weighted by Crippen LogP contribution is 2.30. The molecule has 2 aromatic carbocycles. The highest BCUT2D eigenvalue weighted by atomic mass is 35.5. The lowest BCUT2D eigenvalue weighted by atomic mass is 10.1. The van der Waals surface area contributed by atoms with Crippen LogP contribution in [0.1, 0.15) is 24.4 Å². The van der Waals surface area contributed by atoms with Gasteiger partial charge in [-0.1, -0.05) is 17.7 Å². The third kappa shape index (κ3) is 3.31. The van der Waals surface area contributed by atoms with Crippen molar-refractivity contribution in [2.45, 2.75) is 24.8 Å². The Morgan fingerprint density at radius 2 is 1.86 bits per heavy atom. The summed E-state index contributed by atoms with van der Waals surface area (Å²) in [6.07, 6.45) is 3.11. The lowest BCUT2D eigenvalue weighted by Crippen LogP contribution is -2.09. The fraction of sp³-hybridized carbons (Fsp3) is 0.200. The van der Waals surface area contributed by atoms with Gasteiger partial charge < -0.3 is 0 Å². The van der Waals surface area contributed by atoms with E-state index < -0.39 is 9.84 Å². The van der Waals surface area contributed by atoms with Crippen LogP contribution in [0.15, 0.2) is 59.6 Å². The summed E-state index contributed by atoms with van der Waals surface area (Å²) in [6, 6.07) is 14.2. The van der Waals surface area contributed by atoms with E-state index in [1.54, 1.807) is 22.9 Å². The largest absolute Gasteiger partial charge is 0.264 e. The molecule has 4 rings (SSSR count). The zero-order valence-corrected chi connectivity index (χ0v) is 17.2. The summed E-state index contributed by atoms with van der Waals surface area (Å²) in [6.45, 7) is 3.97. The van der Waals surface area contributed by atoms with Gasteiger partial charge in [-0.05, 0) is 56.3 Å². The second-order valence-corrected chi connectivity index (χ2v) is 9.29. The molecule has 28 heavy (non-hydrogen) atoms. The van der Waals surface area contributed by atoms with Crippen molar-refractivity contribution in [1.29, 1.82) is 0 Å². The molecule has 0 saturated heterocycles. The SMILES string of the molecule is Cc1ccn(C(C)c2nn(-c3cccc(S(C)(=O)=O)c3)c3cc(Cl)ccc23)n1. The number of halogens is 1. The van der Waals surface area contributed by atoms with E-state index in [0.717, 1.165) is 22.3 Å². The maximum Gasteiger partial charge on any atom is 0.175 e. The van der Waals surface area contributed by atoms with Gasteiger partial charge in [0, 0.05) is 22.9 Å². The Hall–Kier alpha value is -2.64. The second kappa shape index (κ2) is 6.76. The fourth-order valence-corrected chi connectivity index (χ4v) is 4.06. The maximum absolute atomic E-state index is 12.0. The Bertz CT molecular complexity index is 1290. The Labute approximate surface area is 168 Å². The minimum atomic E-state index is -3.33. The van der Waals surface area contributed by atoms with E-state index in [4.69, 9.17) is 16.7 Å². The third-order valence-corrected chi connectivity index (χ3v) is 6.04. The molecule has 144 valence electrons. The number of fused-ring (bicyclic) bond motifs is 1. The number of aryl methyl sites for hydroxylation is 1. The van der Waals surface area contributed by atoms with Crippen LogP contribution in [0, 0.1) is 6.92 Å². The van der Waals surface area contributed by atoms with E-state index in [2.05, 4.69) is 5.10 Å². The molecule has 2 heterocycles. The van der Waals surface area contributed by atoms with Gasteiger partial charge in [0.1, 0.15) is 0 Å². The first-order valence-corrected chi connectivity index (χ1v) is 11.0. The number of aromatic nitrogens is 4. The molecule has 8 heteroatoms. The molecule has 1 unspecified atom stereocenters. The van der Waals surface area contributed by atoms with Gasteiger partial charge in [0.05, 0.1) is 33.5 Å². The maximum atomic E-state index is 12.0. The van der Waals surface area contributed by atoms with Crippen LogP contribution in [0.2, 0.25) is 5.02 Å². The minimum absolute atomic E-state index is 0.100. The quantitative estimate of drug-likeness (QED) is 0.502. The van der Waals surface area contributed by atoms with E-state index in [9.17, 15) is 8.42 Å². The molecule has 4 aromatic rings. The Morgan fingerprint density at radius 3 is 2.54 bits per heavy atom. The monoisotopic (exact) mass is 414 g/mol. The number of hydrogen-bond acceptors (Lipinski definition) is 4. The molecule has 0 radical (unpaired) electrons. The molecule has 0 bridgehead atoms. The first-order valence-electron chi connectivity index (χ1n) is 8.74. The van der Waals surface area contributed by atoms with Crippen molar-refractivity contribution >= 4 is 32.3 Å². The molecule has 0 aliphatic rings. The highest BCUT2D eigenvalue weighted by Gasteiger charge is 2.20. The molecular formula is C20H19ClN4O2S. The van der Waals surface area contributed by atoms with Gasteiger partial charge in [-0.2, -0.15) is 10.2 Å². The highest BCUT2D eigenvalue weighted by molar-refractivity contribution is 7.90. The Morgan fingerprint density at radius 1 is 1.07 bits per heavy atom. The number of hydrogen-bond donors (Lipinski definition) is 0. The molecule has 2 aromatic heterocycles. The third-order valence-electron chi connectivity index (χ3n) is 4.70. The van der Waals surface area contributed by atoms with E-state index >= 15 is 0 Å². The average molecular weight is 415 g/mol. The van der Waals surface area contributed by atoms with Gasteiger partial charge >= 0.3 is 0 Å². The summed E-state index contributed by atoms with van der Waals surface area (Å²) < 4.78 is 27.5. The van der Waals surface area contributed by atoms with Crippen LogP contribution >= 0.6 is 11.6 Å². The van der Waals surface area contributed by atoms with Crippen LogP contribution in [-0.2, 0) is 9.84 Å². The van der Waals surface area contributed by atoms with Crippen molar-refractivity contribution in [3.8, 4) is 5.69 Å². The summed E-state index contributed by atoms with van der Waals surface area (Å²) in [4.78, 5) is 0.243. The molecule has 0 saturated carbocycles. The van der Waals surface area contributed by atoms with Crippen LogP contribution in [0.25, 0.3) is 16.6 Å². The normalized spacial score (nSPS) is 13.1. The molecule has 0 aliphatic heterocycles. The van der Waals surface area contributed by atoms with Crippen molar-refractivity contribution in [1.82, 2.24) is 19.6 Å². The van der Waals surface area contributed by atoms with Gasteiger partial charge in [-0.15, -0.1) is 0 Å². The molecule has 0 N–H and O–H groups in total. The van der Waals surface area contributed by atoms with E-state index in [0.29, 0.717) is 10.7 Å². The lowest BCUT2D eigenvalue weighted by molar-refractivity contribution is 0.546. The Balaban J connectivity index is 1.94. The van der Waals surface area contributed by atoms with Gasteiger partial charge in [0.25, 0.3) is 0 Å². The summed E-state index contributed by atoms with van der Waals surface area (Å²) in [5.74, 6) is 0. The molecule has 0 aliphatic carbocycles. The van der Waals surface area contributed by atoms with Crippen molar-refractivity contribution in [2.24, 2.45) is 0 Å². The Kier molecular flexibility index (Phi) is 4.51. The standard InChI is InChI=1S/C20H19ClN4O2S/c1-13-9-10-24(22-13)14(2)20-18-8-7-15(21)11-19(18)25(23-20)16-5-4-6-17(12-16)28(3,26)27/h4-12,14H,1-3H3. The van der Waals surface area contributed by atoms with E-state index in [1.807, 2.05) is 55.1 Å². The van der Waals surface area contributed by atoms with Crippen LogP contribution in [0.4, 0.5) is 0 Å². The molecule has 0 spiro atoms. The molecule has 0 fully saturated rings. The van der Waals surface area contributed by atoms with Crippen LogP contribution < -0.4 is 0 Å². The summed E-state index contributed by atoms with van der Waals surface area (Å²) in [5.41, 5.74) is 3.23. The summed E-state index contributed by atoms with van der Waals surface area (Å²) >= 11 is 6.24. The zero-order valence-electron chi connectivity index (χ0n) is 15.7. The molecule has 0 amide bonds. The fourth-order valence-electron chi connectivity index (χ4n) is 3.24. The van der Waals surface area contributed by atoms with Crippen molar-refractivity contribution in [3.63, 3.8) is 0 Å². The summed E-state index contributed by atoms with van der Waals surface area (Å²) in [7, 11) is -3.33. The van der Waals surface area contributed by atoms with Crippen molar-refractivity contribution in [3.05, 3.63) is 71.1 Å². The van der Waals surface area contributed by atoms with E-state index in [1.165, 1.54) is 6.26 Å². The first-order chi connectivity index (χ1) is 13.2. The molecular weight excluding hydrogens is 396 g/mol. The van der Waals surface area contributed by atoms with Gasteiger partial charge in [0.15, 0.2) is 9.84 Å². The number of sulfone groups is 1. The topological polar surface area (TPSA) is 69.8 Å². The predicted octanol–water partition coefficient (Wildman–Crippen LogP) is 4.20. The smallest absolute Gasteiger partial charge is 0.175 e. The first kappa shape index (κ1) is 18.7. The number of nitrogens with zero attached hydrogens (tertiary/aromatic N) is 4. The number of benzene rings is 2. The second-order valence-electron chi connectivity index (χ2n) is 6.84. The predicted molar refractivity (Wildman–Crippen MR) is 110 cm³/mol. The average Bonchev–Trinajstić information content (AvgIpc) is 3.24. The van der Waals surface area contributed by atoms with Crippen LogP contribution in [0.3, 0.4) is 0 Å². The van der Waals surface area contributed by atoms with Gasteiger partial charge in [-0.3, -0.25) is 4.68 Å². The van der Waals surface area contributed by atoms with Gasteiger partial charge in [0.2, 0.25) is 0 Å². The zero-order chi connectivity index (χ0) is 20.1. The van der Waals surface area contributed by atoms with E-state index in [-0.39, 0.29) is 10.9 Å². The van der Waals surface area contributed by atoms with Crippen molar-refractivity contribution in [2.75, 3.05) is 6.26 Å². The summed E-state index contributed by atoms with van der Waals surface area (Å²) in [5, 5.41) is 10.8. The molecule has 6 nitrogen and oxygen atoms in total.